The molecule has 0 aromatic heterocycles. The molecule has 1 aliphatic rings. The highest BCUT2D eigenvalue weighted by Crippen LogP contribution is 2.29. The average molecular weight is 317 g/mol. The van der Waals surface area contributed by atoms with Crippen molar-refractivity contribution in [3.05, 3.63) is 29.3 Å². The van der Waals surface area contributed by atoms with Crippen molar-refractivity contribution >= 4 is 12.0 Å². The molecule has 2 rings (SSSR count). The van der Waals surface area contributed by atoms with Gasteiger partial charge in [0.15, 0.2) is 0 Å². The highest BCUT2D eigenvalue weighted by atomic mass is 16.5. The molecule has 7 heteroatoms. The summed E-state index contributed by atoms with van der Waals surface area (Å²) in [6, 6.07) is 6.79. The minimum absolute atomic E-state index is 0.0690. The SMILES string of the molecule is CC(C)N1CC(CN(C)C(=O)O)Oc2c(C#N)cccc2C1=O. The predicted molar refractivity (Wildman–Crippen MR) is 82.4 cm³/mol. The second-order valence-electron chi connectivity index (χ2n) is 5.75. The fourth-order valence-electron chi connectivity index (χ4n) is 2.51. The summed E-state index contributed by atoms with van der Waals surface area (Å²) in [6.45, 7) is 4.13. The van der Waals surface area contributed by atoms with Crippen LogP contribution in [-0.4, -0.2) is 59.2 Å². The molecule has 0 fully saturated rings. The van der Waals surface area contributed by atoms with Crippen molar-refractivity contribution in [3.8, 4) is 11.8 Å². The van der Waals surface area contributed by atoms with Gasteiger partial charge in [0.2, 0.25) is 0 Å². The van der Waals surface area contributed by atoms with Crippen LogP contribution in [0.5, 0.6) is 5.75 Å². The third-order valence-corrected chi connectivity index (χ3v) is 3.74. The molecule has 7 nitrogen and oxygen atoms in total. The van der Waals surface area contributed by atoms with E-state index in [2.05, 4.69) is 0 Å². The zero-order chi connectivity index (χ0) is 17.1. The molecule has 122 valence electrons. The fraction of sp³-hybridized carbons (Fsp3) is 0.438. The lowest BCUT2D eigenvalue weighted by Gasteiger charge is -2.29. The van der Waals surface area contributed by atoms with E-state index < -0.39 is 12.2 Å². The smallest absolute Gasteiger partial charge is 0.407 e. The van der Waals surface area contributed by atoms with Crippen LogP contribution in [-0.2, 0) is 0 Å². The lowest BCUT2D eigenvalue weighted by molar-refractivity contribution is 0.0608. The lowest BCUT2D eigenvalue weighted by Crippen LogP contribution is -2.46. The molecule has 0 saturated heterocycles. The lowest BCUT2D eigenvalue weighted by atomic mass is 10.1. The van der Waals surface area contributed by atoms with Gasteiger partial charge in [-0.25, -0.2) is 4.79 Å². The van der Waals surface area contributed by atoms with Gasteiger partial charge in [0, 0.05) is 13.1 Å². The van der Waals surface area contributed by atoms with E-state index in [9.17, 15) is 14.9 Å². The molecule has 0 bridgehead atoms. The Balaban J connectivity index is 2.44. The van der Waals surface area contributed by atoms with Gasteiger partial charge in [0.25, 0.3) is 5.91 Å². The van der Waals surface area contributed by atoms with Crippen molar-refractivity contribution in [3.63, 3.8) is 0 Å². The number of nitriles is 1. The van der Waals surface area contributed by atoms with E-state index >= 15 is 0 Å². The van der Waals surface area contributed by atoms with Crippen molar-refractivity contribution in [2.45, 2.75) is 26.0 Å². The van der Waals surface area contributed by atoms with Gasteiger partial charge < -0.3 is 19.6 Å². The number of likely N-dealkylation sites (N-methyl/N-ethyl adjacent to an activating group) is 1. The molecule has 1 atom stereocenters. The Labute approximate surface area is 134 Å². The molecule has 0 aliphatic carbocycles. The molecule has 1 unspecified atom stereocenters. The zero-order valence-corrected chi connectivity index (χ0v) is 13.3. The topological polar surface area (TPSA) is 93.9 Å². The highest BCUT2D eigenvalue weighted by molar-refractivity contribution is 5.98. The Hall–Kier alpha value is -2.75. The summed E-state index contributed by atoms with van der Waals surface area (Å²) in [5, 5.41) is 18.3. The van der Waals surface area contributed by atoms with Crippen LogP contribution in [0, 0.1) is 11.3 Å². The monoisotopic (exact) mass is 317 g/mol. The number of rotatable bonds is 3. The molecular weight excluding hydrogens is 298 g/mol. The summed E-state index contributed by atoms with van der Waals surface area (Å²) in [5.41, 5.74) is 0.600. The van der Waals surface area contributed by atoms with Gasteiger partial charge >= 0.3 is 6.09 Å². The van der Waals surface area contributed by atoms with Crippen LogP contribution in [0.3, 0.4) is 0 Å². The van der Waals surface area contributed by atoms with Gasteiger partial charge in [0.1, 0.15) is 17.9 Å². The number of nitrogens with zero attached hydrogens (tertiary/aromatic N) is 3. The first-order chi connectivity index (χ1) is 10.8. The molecule has 1 aromatic carbocycles. The Morgan fingerprint density at radius 2 is 2.26 bits per heavy atom. The maximum Gasteiger partial charge on any atom is 0.407 e. The van der Waals surface area contributed by atoms with Crippen molar-refractivity contribution in [1.29, 1.82) is 5.26 Å². The molecule has 0 saturated carbocycles. The largest absolute Gasteiger partial charge is 0.484 e. The normalized spacial score (nSPS) is 17.1. The van der Waals surface area contributed by atoms with Crippen molar-refractivity contribution < 1.29 is 19.4 Å². The molecular formula is C16H19N3O4. The number of benzene rings is 1. The second-order valence-corrected chi connectivity index (χ2v) is 5.75. The number of carbonyl (C=O) groups excluding carboxylic acids is 1. The van der Waals surface area contributed by atoms with Gasteiger partial charge in [-0.05, 0) is 26.0 Å². The number of hydrogen-bond acceptors (Lipinski definition) is 4. The van der Waals surface area contributed by atoms with E-state index in [1.165, 1.54) is 7.05 Å². The molecule has 1 N–H and O–H groups in total. The Morgan fingerprint density at radius 3 is 2.83 bits per heavy atom. The summed E-state index contributed by atoms with van der Waals surface area (Å²) in [5.74, 6) is 0.0134. The molecule has 0 radical (unpaired) electrons. The quantitative estimate of drug-likeness (QED) is 0.917. The summed E-state index contributed by atoms with van der Waals surface area (Å²) in [6.07, 6.45) is -1.62. The molecule has 1 aliphatic heterocycles. The van der Waals surface area contributed by atoms with Crippen molar-refractivity contribution in [2.75, 3.05) is 20.1 Å². The summed E-state index contributed by atoms with van der Waals surface area (Å²) in [7, 11) is 1.44. The average Bonchev–Trinajstić information content (AvgIpc) is 2.64. The van der Waals surface area contributed by atoms with Crippen LogP contribution in [0.4, 0.5) is 4.79 Å². The van der Waals surface area contributed by atoms with E-state index in [1.54, 1.807) is 23.1 Å². The van der Waals surface area contributed by atoms with Crippen LogP contribution >= 0.6 is 0 Å². The molecule has 23 heavy (non-hydrogen) atoms. The Bertz CT molecular complexity index is 666. The first-order valence-electron chi connectivity index (χ1n) is 7.30. The summed E-state index contributed by atoms with van der Waals surface area (Å²) in [4.78, 5) is 26.5. The minimum Gasteiger partial charge on any atom is -0.484 e. The number of ether oxygens (including phenoxy) is 1. The number of hydrogen-bond donors (Lipinski definition) is 1. The summed E-state index contributed by atoms with van der Waals surface area (Å²) >= 11 is 0. The molecule has 2 amide bonds. The van der Waals surface area contributed by atoms with Gasteiger partial charge in [-0.1, -0.05) is 6.07 Å². The first kappa shape index (κ1) is 16.6. The fourth-order valence-corrected chi connectivity index (χ4v) is 2.51. The van der Waals surface area contributed by atoms with Crippen molar-refractivity contribution in [2.24, 2.45) is 0 Å². The third kappa shape index (κ3) is 3.37. The van der Waals surface area contributed by atoms with Crippen LogP contribution in [0.25, 0.3) is 0 Å². The third-order valence-electron chi connectivity index (χ3n) is 3.74. The number of amides is 2. The van der Waals surface area contributed by atoms with E-state index in [-0.39, 0.29) is 36.4 Å². The van der Waals surface area contributed by atoms with E-state index in [4.69, 9.17) is 9.84 Å². The standard InChI is InChI=1S/C16H19N3O4/c1-10(2)19-9-12(8-18(3)16(21)22)23-14-11(7-17)5-4-6-13(14)15(19)20/h4-6,10,12H,8-9H2,1-3H3,(H,21,22). The maximum atomic E-state index is 12.7. The van der Waals surface area contributed by atoms with Gasteiger partial charge in [0.05, 0.1) is 24.2 Å². The number of fused-ring (bicyclic) bond motifs is 1. The first-order valence-corrected chi connectivity index (χ1v) is 7.30. The van der Waals surface area contributed by atoms with Crippen LogP contribution in [0.15, 0.2) is 18.2 Å². The zero-order valence-electron chi connectivity index (χ0n) is 13.3. The summed E-state index contributed by atoms with van der Waals surface area (Å²) < 4.78 is 5.86. The number of para-hydroxylation sites is 1. The van der Waals surface area contributed by atoms with Crippen LogP contribution in [0.2, 0.25) is 0 Å². The molecule has 0 spiro atoms. The van der Waals surface area contributed by atoms with Crippen LogP contribution in [0.1, 0.15) is 29.8 Å². The van der Waals surface area contributed by atoms with E-state index in [0.717, 1.165) is 4.90 Å². The minimum atomic E-state index is -1.07. The molecule has 1 aromatic rings. The van der Waals surface area contributed by atoms with Crippen molar-refractivity contribution in [1.82, 2.24) is 9.80 Å². The number of carboxylic acid groups (broad SMARTS) is 1. The number of carbonyl (C=O) groups is 2. The molecule has 1 heterocycles. The Kier molecular flexibility index (Phi) is 4.74. The van der Waals surface area contributed by atoms with Gasteiger partial charge in [-0.15, -0.1) is 0 Å². The second kappa shape index (κ2) is 6.57. The van der Waals surface area contributed by atoms with Gasteiger partial charge in [-0.2, -0.15) is 5.26 Å². The van der Waals surface area contributed by atoms with Crippen LogP contribution < -0.4 is 4.74 Å². The maximum absolute atomic E-state index is 12.7. The van der Waals surface area contributed by atoms with Gasteiger partial charge in [-0.3, -0.25) is 4.79 Å². The van der Waals surface area contributed by atoms with E-state index in [0.29, 0.717) is 5.56 Å². The Morgan fingerprint density at radius 1 is 1.57 bits per heavy atom. The highest BCUT2D eigenvalue weighted by Gasteiger charge is 2.32. The predicted octanol–water partition coefficient (Wildman–Crippen LogP) is 1.78. The van der Waals surface area contributed by atoms with E-state index in [1.807, 2.05) is 19.9 Å².